The summed E-state index contributed by atoms with van der Waals surface area (Å²) in [5.41, 5.74) is 2.45. The molecule has 8 nitrogen and oxygen atoms in total. The van der Waals surface area contributed by atoms with Crippen molar-refractivity contribution in [3.63, 3.8) is 0 Å². The zero-order valence-electron chi connectivity index (χ0n) is 16.9. The number of carbonyl (C=O) groups is 1. The Kier molecular flexibility index (Phi) is 5.47. The second-order valence-electron chi connectivity index (χ2n) is 7.15. The van der Waals surface area contributed by atoms with E-state index in [0.29, 0.717) is 23.2 Å². The van der Waals surface area contributed by atoms with Crippen LogP contribution in [0.5, 0.6) is 11.5 Å². The second kappa shape index (κ2) is 8.72. The average Bonchev–Trinajstić information content (AvgIpc) is 3.31. The van der Waals surface area contributed by atoms with Crippen LogP contribution in [0, 0.1) is 0 Å². The number of rotatable bonds is 5. The van der Waals surface area contributed by atoms with Crippen LogP contribution in [-0.2, 0) is 4.79 Å². The molecule has 1 aliphatic rings. The highest BCUT2D eigenvalue weighted by molar-refractivity contribution is 7.99. The minimum atomic E-state index is -0.229. The summed E-state index contributed by atoms with van der Waals surface area (Å²) in [6.45, 7) is 0.378. The number of benzene rings is 3. The molecule has 0 spiro atoms. The van der Waals surface area contributed by atoms with Crippen LogP contribution in [-0.4, -0.2) is 43.6 Å². The number of hydrogen-bond donors (Lipinski definition) is 1. The first-order valence-electron chi connectivity index (χ1n) is 10.00. The van der Waals surface area contributed by atoms with Crippen LogP contribution in [0.2, 0.25) is 0 Å². The van der Waals surface area contributed by atoms with Gasteiger partial charge in [-0.2, -0.15) is 4.68 Å². The highest BCUT2D eigenvalue weighted by atomic mass is 32.2. The largest absolute Gasteiger partial charge is 0.508 e. The van der Waals surface area contributed by atoms with Crippen LogP contribution in [0.25, 0.3) is 5.69 Å². The molecule has 1 atom stereocenters. The summed E-state index contributed by atoms with van der Waals surface area (Å²) in [5, 5.41) is 21.8. The summed E-state index contributed by atoms with van der Waals surface area (Å²) >= 11 is 1.26. The Morgan fingerprint density at radius 1 is 1.03 bits per heavy atom. The fourth-order valence-electron chi connectivity index (χ4n) is 3.64. The lowest BCUT2D eigenvalue weighted by Gasteiger charge is -2.37. The Morgan fingerprint density at radius 3 is 2.59 bits per heavy atom. The third kappa shape index (κ3) is 3.90. The van der Waals surface area contributed by atoms with Gasteiger partial charge in [-0.3, -0.25) is 9.69 Å². The molecule has 0 saturated carbocycles. The first-order chi connectivity index (χ1) is 15.7. The number of amides is 1. The molecule has 32 heavy (non-hydrogen) atoms. The van der Waals surface area contributed by atoms with Gasteiger partial charge in [-0.15, -0.1) is 5.10 Å². The van der Waals surface area contributed by atoms with Crippen LogP contribution in [0.4, 0.5) is 5.69 Å². The summed E-state index contributed by atoms with van der Waals surface area (Å²) in [4.78, 5) is 15.3. The van der Waals surface area contributed by atoms with Crippen LogP contribution >= 0.6 is 11.8 Å². The Hall–Kier alpha value is -3.85. The number of hydrogen-bond acceptors (Lipinski definition) is 7. The van der Waals surface area contributed by atoms with Gasteiger partial charge in [0.2, 0.25) is 11.1 Å². The van der Waals surface area contributed by atoms with Crippen molar-refractivity contribution >= 4 is 23.4 Å². The summed E-state index contributed by atoms with van der Waals surface area (Å²) < 4.78 is 7.49. The van der Waals surface area contributed by atoms with Crippen molar-refractivity contribution in [3.8, 4) is 17.2 Å². The molecule has 4 aromatic rings. The smallest absolute Gasteiger partial charge is 0.238 e. The number of carbonyl (C=O) groups excluding carboxylic acids is 1. The maximum absolute atomic E-state index is 13.5. The number of aromatic hydroxyl groups is 1. The van der Waals surface area contributed by atoms with Crippen molar-refractivity contribution < 1.29 is 14.6 Å². The van der Waals surface area contributed by atoms with E-state index >= 15 is 0 Å². The van der Waals surface area contributed by atoms with Crippen molar-refractivity contribution in [2.75, 3.05) is 17.3 Å². The van der Waals surface area contributed by atoms with E-state index in [0.717, 1.165) is 11.3 Å². The van der Waals surface area contributed by atoms with Crippen LogP contribution in [0.3, 0.4) is 0 Å². The molecule has 3 aromatic carbocycles. The molecule has 1 aliphatic heterocycles. The van der Waals surface area contributed by atoms with Gasteiger partial charge in [0.05, 0.1) is 23.2 Å². The molecular formula is C23H19N5O3S. The highest BCUT2D eigenvalue weighted by Crippen LogP contribution is 2.39. The van der Waals surface area contributed by atoms with Gasteiger partial charge in [-0.25, -0.2) is 0 Å². The third-order valence-corrected chi connectivity index (χ3v) is 6.05. The number of para-hydroxylation sites is 2. The fraction of sp³-hybridized carbons (Fsp3) is 0.130. The number of aromatic nitrogens is 4. The normalized spacial score (nSPS) is 15.1. The second-order valence-corrected chi connectivity index (χ2v) is 8.09. The molecule has 1 aromatic heterocycles. The predicted molar refractivity (Wildman–Crippen MR) is 120 cm³/mol. The molecule has 1 amide bonds. The summed E-state index contributed by atoms with van der Waals surface area (Å²) in [7, 11) is 0. The van der Waals surface area contributed by atoms with Crippen molar-refractivity contribution in [3.05, 3.63) is 84.4 Å². The van der Waals surface area contributed by atoms with E-state index in [4.69, 9.17) is 4.74 Å². The standard InChI is InChI=1S/C23H19N5O3S/c29-18-12-10-17(11-13-18)28-23(24-25-26-28)32-15-22(30)27-19-8-4-5-9-21(19)31-14-20(27)16-6-2-1-3-7-16/h1-13,20,29H,14-15H2/t20-/m1/s1. The van der Waals surface area contributed by atoms with Gasteiger partial charge in [0, 0.05) is 0 Å². The number of ether oxygens (including phenoxy) is 1. The van der Waals surface area contributed by atoms with Gasteiger partial charge in [-0.05, 0) is 52.4 Å². The lowest BCUT2D eigenvalue weighted by atomic mass is 10.0. The first-order valence-corrected chi connectivity index (χ1v) is 11.0. The molecule has 0 radical (unpaired) electrons. The molecule has 0 fully saturated rings. The average molecular weight is 446 g/mol. The number of nitrogens with zero attached hydrogens (tertiary/aromatic N) is 5. The number of tetrazole rings is 1. The topological polar surface area (TPSA) is 93.4 Å². The van der Waals surface area contributed by atoms with E-state index in [2.05, 4.69) is 15.5 Å². The molecular weight excluding hydrogens is 426 g/mol. The Labute approximate surface area is 188 Å². The molecule has 2 heterocycles. The summed E-state index contributed by atoms with van der Waals surface area (Å²) in [5.74, 6) is 0.923. The van der Waals surface area contributed by atoms with Gasteiger partial charge in [0.15, 0.2) is 0 Å². The first kappa shape index (κ1) is 20.1. The quantitative estimate of drug-likeness (QED) is 0.469. The molecule has 160 valence electrons. The number of phenols is 1. The van der Waals surface area contributed by atoms with Crippen LogP contribution in [0.15, 0.2) is 84.0 Å². The number of anilines is 1. The third-order valence-electron chi connectivity index (χ3n) is 5.15. The highest BCUT2D eigenvalue weighted by Gasteiger charge is 2.33. The van der Waals surface area contributed by atoms with E-state index in [1.807, 2.05) is 54.6 Å². The Morgan fingerprint density at radius 2 is 1.78 bits per heavy atom. The minimum Gasteiger partial charge on any atom is -0.508 e. The molecule has 9 heteroatoms. The zero-order chi connectivity index (χ0) is 21.9. The van der Waals surface area contributed by atoms with E-state index < -0.39 is 0 Å². The summed E-state index contributed by atoms with van der Waals surface area (Å²) in [6.07, 6.45) is 0. The van der Waals surface area contributed by atoms with Gasteiger partial charge in [-0.1, -0.05) is 54.2 Å². The zero-order valence-corrected chi connectivity index (χ0v) is 17.7. The van der Waals surface area contributed by atoms with Gasteiger partial charge in [0.25, 0.3) is 0 Å². The maximum atomic E-state index is 13.5. The Balaban J connectivity index is 1.40. The fourth-order valence-corrected chi connectivity index (χ4v) is 4.39. The predicted octanol–water partition coefficient (Wildman–Crippen LogP) is 3.63. The molecule has 0 bridgehead atoms. The van der Waals surface area contributed by atoms with Crippen LogP contribution in [0.1, 0.15) is 11.6 Å². The lowest BCUT2D eigenvalue weighted by Crippen LogP contribution is -2.42. The molecule has 0 saturated heterocycles. The van der Waals surface area contributed by atoms with E-state index in [-0.39, 0.29) is 23.5 Å². The van der Waals surface area contributed by atoms with Gasteiger partial charge >= 0.3 is 0 Å². The van der Waals surface area contributed by atoms with Gasteiger partial charge in [0.1, 0.15) is 18.1 Å². The molecule has 5 rings (SSSR count). The van der Waals surface area contributed by atoms with Crippen molar-refractivity contribution in [1.29, 1.82) is 0 Å². The van der Waals surface area contributed by atoms with E-state index in [9.17, 15) is 9.90 Å². The number of thioether (sulfide) groups is 1. The van der Waals surface area contributed by atoms with Crippen molar-refractivity contribution in [1.82, 2.24) is 20.2 Å². The molecule has 0 aliphatic carbocycles. The molecule has 1 N–H and O–H groups in total. The van der Waals surface area contributed by atoms with Gasteiger partial charge < -0.3 is 9.84 Å². The lowest BCUT2D eigenvalue weighted by molar-refractivity contribution is -0.117. The summed E-state index contributed by atoms with van der Waals surface area (Å²) in [6, 6.07) is 23.7. The maximum Gasteiger partial charge on any atom is 0.238 e. The van der Waals surface area contributed by atoms with Crippen molar-refractivity contribution in [2.24, 2.45) is 0 Å². The molecule has 0 unspecified atom stereocenters. The van der Waals surface area contributed by atoms with E-state index in [1.54, 1.807) is 33.8 Å². The van der Waals surface area contributed by atoms with E-state index in [1.165, 1.54) is 11.8 Å². The number of fused-ring (bicyclic) bond motifs is 1. The van der Waals surface area contributed by atoms with Crippen LogP contribution < -0.4 is 9.64 Å². The van der Waals surface area contributed by atoms with Crippen molar-refractivity contribution in [2.45, 2.75) is 11.2 Å². The monoisotopic (exact) mass is 445 g/mol. The SMILES string of the molecule is O=C(CSc1nnnn1-c1ccc(O)cc1)N1c2ccccc2OC[C@@H]1c1ccccc1. The number of phenolic OH excluding ortho intramolecular Hbond substituents is 1. The Bertz CT molecular complexity index is 1230. The minimum absolute atomic E-state index is 0.0696.